The molecule has 0 atom stereocenters. The van der Waals surface area contributed by atoms with Crippen LogP contribution in [0, 0.1) is 0 Å². The first kappa shape index (κ1) is 12.1. The number of nitrogens with zero attached hydrogens (tertiary/aromatic N) is 1. The van der Waals surface area contributed by atoms with Crippen molar-refractivity contribution in [2.45, 2.75) is 19.9 Å². The quantitative estimate of drug-likeness (QED) is 0.703. The van der Waals surface area contributed by atoms with Crippen LogP contribution in [0.5, 0.6) is 0 Å². The topological polar surface area (TPSA) is 3.24 Å². The molecule has 3 heteroatoms. The standard InChI is InChI=1S/C9H16BrNS/c1-7(2)11(4)6-9(10)8(3)12-5/h6-7H,3H2,1-2,4-5H3/b9-6+. The summed E-state index contributed by atoms with van der Waals surface area (Å²) in [4.78, 5) is 3.20. The van der Waals surface area contributed by atoms with E-state index in [1.165, 1.54) is 0 Å². The molecule has 0 saturated heterocycles. The third kappa shape index (κ3) is 4.21. The fourth-order valence-corrected chi connectivity index (χ4v) is 1.55. The molecule has 0 radical (unpaired) electrons. The fraction of sp³-hybridized carbons (Fsp3) is 0.556. The van der Waals surface area contributed by atoms with Gasteiger partial charge in [0.2, 0.25) is 0 Å². The van der Waals surface area contributed by atoms with Gasteiger partial charge in [0.15, 0.2) is 0 Å². The van der Waals surface area contributed by atoms with Crippen LogP contribution in [0.4, 0.5) is 0 Å². The molecule has 0 aliphatic heterocycles. The summed E-state index contributed by atoms with van der Waals surface area (Å²) in [5, 5.41) is 0. The van der Waals surface area contributed by atoms with Crippen molar-refractivity contribution in [1.82, 2.24) is 4.90 Å². The van der Waals surface area contributed by atoms with Gasteiger partial charge in [0.1, 0.15) is 0 Å². The first-order chi connectivity index (χ1) is 5.49. The monoisotopic (exact) mass is 249 g/mol. The zero-order valence-electron chi connectivity index (χ0n) is 8.10. The van der Waals surface area contributed by atoms with E-state index in [2.05, 4.69) is 54.5 Å². The summed E-state index contributed by atoms with van der Waals surface area (Å²) in [5.41, 5.74) is 0. The molecule has 0 unspecified atom stereocenters. The Morgan fingerprint density at radius 3 is 2.42 bits per heavy atom. The maximum absolute atomic E-state index is 3.91. The van der Waals surface area contributed by atoms with E-state index >= 15 is 0 Å². The Morgan fingerprint density at radius 1 is 1.58 bits per heavy atom. The largest absolute Gasteiger partial charge is 0.377 e. The van der Waals surface area contributed by atoms with Crippen molar-refractivity contribution >= 4 is 27.7 Å². The molecule has 0 aliphatic carbocycles. The van der Waals surface area contributed by atoms with Crippen molar-refractivity contribution in [2.24, 2.45) is 0 Å². The fourth-order valence-electron chi connectivity index (χ4n) is 0.497. The van der Waals surface area contributed by atoms with Crippen molar-refractivity contribution < 1.29 is 0 Å². The van der Waals surface area contributed by atoms with Crippen molar-refractivity contribution in [3.05, 3.63) is 22.2 Å². The molecule has 0 fully saturated rings. The minimum Gasteiger partial charge on any atom is -0.377 e. The first-order valence-corrected chi connectivity index (χ1v) is 5.83. The summed E-state index contributed by atoms with van der Waals surface area (Å²) in [6, 6.07) is 0.521. The molecular formula is C9H16BrNS. The molecule has 0 spiro atoms. The van der Waals surface area contributed by atoms with Crippen LogP contribution in [0.2, 0.25) is 0 Å². The molecule has 0 aromatic heterocycles. The summed E-state index contributed by atoms with van der Waals surface area (Å²) >= 11 is 5.12. The third-order valence-electron chi connectivity index (χ3n) is 1.64. The number of thioether (sulfide) groups is 1. The number of halogens is 1. The number of rotatable bonds is 4. The van der Waals surface area contributed by atoms with Gasteiger partial charge in [0.25, 0.3) is 0 Å². The van der Waals surface area contributed by atoms with Crippen molar-refractivity contribution in [3.8, 4) is 0 Å². The first-order valence-electron chi connectivity index (χ1n) is 3.81. The summed E-state index contributed by atoms with van der Waals surface area (Å²) in [6.45, 7) is 8.21. The second kappa shape index (κ2) is 5.70. The van der Waals surface area contributed by atoms with E-state index in [-0.39, 0.29) is 0 Å². The molecule has 12 heavy (non-hydrogen) atoms. The third-order valence-corrected chi connectivity index (χ3v) is 3.30. The molecule has 0 aromatic rings. The molecule has 0 saturated carbocycles. The predicted octanol–water partition coefficient (Wildman–Crippen LogP) is 3.44. The van der Waals surface area contributed by atoms with Gasteiger partial charge in [-0.1, -0.05) is 6.58 Å². The molecule has 0 aliphatic rings. The van der Waals surface area contributed by atoms with Crippen LogP contribution in [-0.4, -0.2) is 24.2 Å². The van der Waals surface area contributed by atoms with Crippen LogP contribution < -0.4 is 0 Å². The van der Waals surface area contributed by atoms with E-state index < -0.39 is 0 Å². The van der Waals surface area contributed by atoms with Gasteiger partial charge >= 0.3 is 0 Å². The minimum absolute atomic E-state index is 0.521. The van der Waals surface area contributed by atoms with Gasteiger partial charge in [-0.2, -0.15) is 0 Å². The Balaban J connectivity index is 4.25. The summed E-state index contributed by atoms with van der Waals surface area (Å²) in [5.74, 6) is 0. The molecule has 0 rings (SSSR count). The van der Waals surface area contributed by atoms with Crippen LogP contribution in [-0.2, 0) is 0 Å². The van der Waals surface area contributed by atoms with E-state index in [1.807, 2.05) is 6.26 Å². The molecule has 0 aromatic carbocycles. The van der Waals surface area contributed by atoms with Gasteiger partial charge in [-0.05, 0) is 36.0 Å². The second-order valence-electron chi connectivity index (χ2n) is 2.86. The summed E-state index contributed by atoms with van der Waals surface area (Å²) < 4.78 is 1.06. The highest BCUT2D eigenvalue weighted by Crippen LogP contribution is 2.24. The minimum atomic E-state index is 0.521. The Labute approximate surface area is 88.0 Å². The maximum Gasteiger partial charge on any atom is 0.0463 e. The van der Waals surface area contributed by atoms with Crippen molar-refractivity contribution in [3.63, 3.8) is 0 Å². The van der Waals surface area contributed by atoms with E-state index in [0.717, 1.165) is 9.39 Å². The Morgan fingerprint density at radius 2 is 2.08 bits per heavy atom. The van der Waals surface area contributed by atoms with Crippen LogP contribution in [0.25, 0.3) is 0 Å². The molecule has 0 bridgehead atoms. The lowest BCUT2D eigenvalue weighted by atomic mass is 10.3. The van der Waals surface area contributed by atoms with Gasteiger partial charge < -0.3 is 4.90 Å². The highest BCUT2D eigenvalue weighted by Gasteiger charge is 2.01. The van der Waals surface area contributed by atoms with E-state index in [1.54, 1.807) is 11.8 Å². The molecule has 0 N–H and O–H groups in total. The van der Waals surface area contributed by atoms with Crippen LogP contribution in [0.15, 0.2) is 22.2 Å². The smallest absolute Gasteiger partial charge is 0.0463 e. The SMILES string of the molecule is C=C(SC)/C(Br)=C\N(C)C(C)C. The Bertz CT molecular complexity index is 187. The van der Waals surface area contributed by atoms with Gasteiger partial charge in [0.05, 0.1) is 0 Å². The normalized spacial score (nSPS) is 12.0. The maximum atomic E-state index is 3.91. The number of hydrogen-bond acceptors (Lipinski definition) is 2. The van der Waals surface area contributed by atoms with Crippen molar-refractivity contribution in [2.75, 3.05) is 13.3 Å². The van der Waals surface area contributed by atoms with E-state index in [0.29, 0.717) is 6.04 Å². The molecule has 0 amide bonds. The lowest BCUT2D eigenvalue weighted by Gasteiger charge is -2.19. The zero-order valence-corrected chi connectivity index (χ0v) is 10.5. The van der Waals surface area contributed by atoms with Crippen molar-refractivity contribution in [1.29, 1.82) is 0 Å². The number of allylic oxidation sites excluding steroid dienone is 1. The van der Waals surface area contributed by atoms with Gasteiger partial charge in [0, 0.05) is 28.7 Å². The number of hydrogen-bond donors (Lipinski definition) is 0. The lowest BCUT2D eigenvalue weighted by molar-refractivity contribution is 0.375. The van der Waals surface area contributed by atoms with Crippen LogP contribution in [0.1, 0.15) is 13.8 Å². The second-order valence-corrected chi connectivity index (χ2v) is 4.62. The molecule has 1 nitrogen and oxygen atoms in total. The molecule has 0 heterocycles. The van der Waals surface area contributed by atoms with E-state index in [9.17, 15) is 0 Å². The van der Waals surface area contributed by atoms with Crippen LogP contribution >= 0.6 is 27.7 Å². The predicted molar refractivity (Wildman–Crippen MR) is 62.6 cm³/mol. The molecule has 70 valence electrons. The Hall–Kier alpha value is 0.110. The highest BCUT2D eigenvalue weighted by molar-refractivity contribution is 9.12. The van der Waals surface area contributed by atoms with E-state index in [4.69, 9.17) is 0 Å². The van der Waals surface area contributed by atoms with Gasteiger partial charge in [-0.3, -0.25) is 0 Å². The van der Waals surface area contributed by atoms with Crippen LogP contribution in [0.3, 0.4) is 0 Å². The van der Waals surface area contributed by atoms with Gasteiger partial charge in [-0.25, -0.2) is 0 Å². The average Bonchev–Trinajstić information content (AvgIpc) is 2.02. The zero-order chi connectivity index (χ0) is 9.72. The lowest BCUT2D eigenvalue weighted by Crippen LogP contribution is -2.20. The highest BCUT2D eigenvalue weighted by atomic mass is 79.9. The Kier molecular flexibility index (Phi) is 5.76. The summed E-state index contributed by atoms with van der Waals surface area (Å²) in [6.07, 6.45) is 4.08. The summed E-state index contributed by atoms with van der Waals surface area (Å²) in [7, 11) is 2.06. The van der Waals surface area contributed by atoms with Gasteiger partial charge in [-0.15, -0.1) is 11.8 Å². The average molecular weight is 250 g/mol. The molecular weight excluding hydrogens is 234 g/mol.